The highest BCUT2D eigenvalue weighted by Gasteiger charge is 2.23. The standard InChI is InChI=1S/C19H17FN2O5/c1-11(17-21-22-18(27-17)12-7-9-13(20)10-8-12)26-19(23)14-5-4-6-15(24-2)16(14)25-3/h4-11H,1-3H3/t11-/m1/s1. The maximum atomic E-state index is 13.0. The van der Waals surface area contributed by atoms with Gasteiger partial charge in [0, 0.05) is 5.56 Å². The molecule has 3 rings (SSSR count). The first-order valence-corrected chi connectivity index (χ1v) is 8.04. The molecule has 0 amide bonds. The molecule has 8 heteroatoms. The number of halogens is 1. The summed E-state index contributed by atoms with van der Waals surface area (Å²) in [6.07, 6.45) is -0.796. The van der Waals surface area contributed by atoms with Crippen molar-refractivity contribution in [1.29, 1.82) is 0 Å². The summed E-state index contributed by atoms with van der Waals surface area (Å²) in [5, 5.41) is 7.80. The van der Waals surface area contributed by atoms with Gasteiger partial charge in [0.25, 0.3) is 5.89 Å². The Hall–Kier alpha value is -3.42. The molecule has 0 saturated heterocycles. The molecule has 0 bridgehead atoms. The lowest BCUT2D eigenvalue weighted by atomic mass is 10.2. The minimum atomic E-state index is -0.796. The third-order valence-corrected chi connectivity index (χ3v) is 3.79. The summed E-state index contributed by atoms with van der Waals surface area (Å²) in [6.45, 7) is 1.60. The molecular weight excluding hydrogens is 355 g/mol. The predicted octanol–water partition coefficient (Wildman–Crippen LogP) is 3.81. The first-order valence-electron chi connectivity index (χ1n) is 8.04. The van der Waals surface area contributed by atoms with Gasteiger partial charge in [-0.2, -0.15) is 0 Å². The van der Waals surface area contributed by atoms with Crippen LogP contribution in [-0.2, 0) is 4.74 Å². The Bertz CT molecular complexity index is 940. The van der Waals surface area contributed by atoms with E-state index in [1.165, 1.54) is 38.5 Å². The number of rotatable bonds is 6. The molecule has 1 atom stereocenters. The Morgan fingerprint density at radius 1 is 1.07 bits per heavy atom. The van der Waals surface area contributed by atoms with Gasteiger partial charge in [-0.05, 0) is 43.3 Å². The summed E-state index contributed by atoms with van der Waals surface area (Å²) in [5.74, 6) is 0.00919. The maximum absolute atomic E-state index is 13.0. The molecule has 140 valence electrons. The largest absolute Gasteiger partial charge is 0.493 e. The highest BCUT2D eigenvalue weighted by atomic mass is 19.1. The molecule has 0 saturated carbocycles. The second-order valence-corrected chi connectivity index (χ2v) is 5.54. The van der Waals surface area contributed by atoms with Gasteiger partial charge in [-0.15, -0.1) is 10.2 Å². The van der Waals surface area contributed by atoms with Crippen LogP contribution in [-0.4, -0.2) is 30.4 Å². The number of ether oxygens (including phenoxy) is 3. The van der Waals surface area contributed by atoms with Crippen LogP contribution < -0.4 is 9.47 Å². The van der Waals surface area contributed by atoms with Crippen molar-refractivity contribution < 1.29 is 27.8 Å². The van der Waals surface area contributed by atoms with Crippen LogP contribution in [0.2, 0.25) is 0 Å². The van der Waals surface area contributed by atoms with Gasteiger partial charge >= 0.3 is 5.97 Å². The highest BCUT2D eigenvalue weighted by molar-refractivity contribution is 5.93. The van der Waals surface area contributed by atoms with E-state index in [1.54, 1.807) is 25.1 Å². The normalized spacial score (nSPS) is 11.7. The highest BCUT2D eigenvalue weighted by Crippen LogP contribution is 2.32. The van der Waals surface area contributed by atoms with Crippen molar-refractivity contribution in [1.82, 2.24) is 10.2 Å². The fourth-order valence-corrected chi connectivity index (χ4v) is 2.43. The number of carbonyl (C=O) groups excluding carboxylic acids is 1. The number of methoxy groups -OCH3 is 2. The van der Waals surface area contributed by atoms with Crippen molar-refractivity contribution in [2.45, 2.75) is 13.0 Å². The van der Waals surface area contributed by atoms with Crippen LogP contribution in [0.1, 0.15) is 29.3 Å². The van der Waals surface area contributed by atoms with E-state index in [1.807, 2.05) is 0 Å². The minimum absolute atomic E-state index is 0.115. The number of carbonyl (C=O) groups is 1. The van der Waals surface area contributed by atoms with Crippen LogP contribution in [0.5, 0.6) is 11.5 Å². The zero-order valence-corrected chi connectivity index (χ0v) is 14.9. The molecule has 3 aromatic rings. The molecule has 7 nitrogen and oxygen atoms in total. The number of benzene rings is 2. The molecule has 0 fully saturated rings. The maximum Gasteiger partial charge on any atom is 0.342 e. The quantitative estimate of drug-likeness (QED) is 0.608. The molecule has 0 spiro atoms. The van der Waals surface area contributed by atoms with Crippen LogP contribution >= 0.6 is 0 Å². The number of para-hydroxylation sites is 1. The minimum Gasteiger partial charge on any atom is -0.493 e. The Balaban J connectivity index is 1.77. The Morgan fingerprint density at radius 3 is 2.48 bits per heavy atom. The SMILES string of the molecule is COc1cccc(C(=O)O[C@H](C)c2nnc(-c3ccc(F)cc3)o2)c1OC. The molecule has 0 aliphatic carbocycles. The van der Waals surface area contributed by atoms with E-state index in [0.717, 1.165) is 0 Å². The summed E-state index contributed by atoms with van der Waals surface area (Å²) in [7, 11) is 2.91. The van der Waals surface area contributed by atoms with Crippen molar-refractivity contribution >= 4 is 5.97 Å². The van der Waals surface area contributed by atoms with Crippen LogP contribution in [0.15, 0.2) is 46.9 Å². The number of aromatic nitrogens is 2. The third kappa shape index (κ3) is 3.89. The van der Waals surface area contributed by atoms with E-state index in [-0.39, 0.29) is 28.9 Å². The van der Waals surface area contributed by atoms with Gasteiger partial charge in [-0.25, -0.2) is 9.18 Å². The van der Waals surface area contributed by atoms with E-state index in [9.17, 15) is 9.18 Å². The smallest absolute Gasteiger partial charge is 0.342 e. The fraction of sp³-hybridized carbons (Fsp3) is 0.211. The first kappa shape index (κ1) is 18.4. The first-order chi connectivity index (χ1) is 13.0. The molecule has 27 heavy (non-hydrogen) atoms. The van der Waals surface area contributed by atoms with E-state index < -0.39 is 12.1 Å². The Morgan fingerprint density at radius 2 is 1.81 bits per heavy atom. The molecule has 0 radical (unpaired) electrons. The lowest BCUT2D eigenvalue weighted by Crippen LogP contribution is -2.11. The molecule has 0 aliphatic heterocycles. The van der Waals surface area contributed by atoms with Crippen molar-refractivity contribution in [3.8, 4) is 23.0 Å². The topological polar surface area (TPSA) is 83.7 Å². The third-order valence-electron chi connectivity index (χ3n) is 3.79. The van der Waals surface area contributed by atoms with Gasteiger partial charge in [-0.1, -0.05) is 6.07 Å². The lowest BCUT2D eigenvalue weighted by molar-refractivity contribution is 0.0276. The van der Waals surface area contributed by atoms with Crippen LogP contribution in [0.25, 0.3) is 11.5 Å². The fourth-order valence-electron chi connectivity index (χ4n) is 2.43. The molecular formula is C19H17FN2O5. The van der Waals surface area contributed by atoms with Crippen LogP contribution in [0.3, 0.4) is 0 Å². The zero-order chi connectivity index (χ0) is 19.4. The zero-order valence-electron chi connectivity index (χ0n) is 14.9. The molecule has 0 aliphatic rings. The summed E-state index contributed by atoms with van der Waals surface area (Å²) in [6, 6.07) is 10.5. The number of hydrogen-bond acceptors (Lipinski definition) is 7. The van der Waals surface area contributed by atoms with Gasteiger partial charge in [0.1, 0.15) is 11.4 Å². The summed E-state index contributed by atoms with van der Waals surface area (Å²) < 4.78 is 34.4. The van der Waals surface area contributed by atoms with E-state index in [4.69, 9.17) is 18.6 Å². The Kier molecular flexibility index (Phi) is 5.35. The van der Waals surface area contributed by atoms with Crippen molar-refractivity contribution in [3.63, 3.8) is 0 Å². The molecule has 0 N–H and O–H groups in total. The van der Waals surface area contributed by atoms with Crippen LogP contribution in [0, 0.1) is 5.82 Å². The monoisotopic (exact) mass is 372 g/mol. The molecule has 0 unspecified atom stereocenters. The van der Waals surface area contributed by atoms with E-state index in [0.29, 0.717) is 11.3 Å². The lowest BCUT2D eigenvalue weighted by Gasteiger charge is -2.13. The summed E-state index contributed by atoms with van der Waals surface area (Å²) in [4.78, 5) is 12.5. The van der Waals surface area contributed by atoms with Crippen LogP contribution in [0.4, 0.5) is 4.39 Å². The molecule has 2 aromatic carbocycles. The summed E-state index contributed by atoms with van der Waals surface area (Å²) in [5.41, 5.74) is 0.769. The molecule has 1 aromatic heterocycles. The van der Waals surface area contributed by atoms with Crippen molar-refractivity contribution in [3.05, 3.63) is 59.7 Å². The van der Waals surface area contributed by atoms with E-state index >= 15 is 0 Å². The average molecular weight is 372 g/mol. The van der Waals surface area contributed by atoms with E-state index in [2.05, 4.69) is 10.2 Å². The molecule has 1 heterocycles. The second kappa shape index (κ2) is 7.86. The number of hydrogen-bond donors (Lipinski definition) is 0. The Labute approximate surface area is 154 Å². The average Bonchev–Trinajstić information content (AvgIpc) is 3.18. The van der Waals surface area contributed by atoms with Gasteiger partial charge in [0.05, 0.1) is 14.2 Å². The van der Waals surface area contributed by atoms with Crippen molar-refractivity contribution in [2.24, 2.45) is 0 Å². The number of esters is 1. The number of nitrogens with zero attached hydrogens (tertiary/aromatic N) is 2. The second-order valence-electron chi connectivity index (χ2n) is 5.54. The summed E-state index contributed by atoms with van der Waals surface area (Å²) >= 11 is 0. The van der Waals surface area contributed by atoms with Gasteiger partial charge in [0.2, 0.25) is 5.89 Å². The van der Waals surface area contributed by atoms with Gasteiger partial charge < -0.3 is 18.6 Å². The van der Waals surface area contributed by atoms with Crippen molar-refractivity contribution in [2.75, 3.05) is 14.2 Å². The predicted molar refractivity (Wildman–Crippen MR) is 93.1 cm³/mol. The van der Waals surface area contributed by atoms with Gasteiger partial charge in [0.15, 0.2) is 17.6 Å². The van der Waals surface area contributed by atoms with Gasteiger partial charge in [-0.3, -0.25) is 0 Å².